The number of pyridine rings is 1. The van der Waals surface area contributed by atoms with Crippen molar-refractivity contribution in [3.63, 3.8) is 0 Å². The van der Waals surface area contributed by atoms with Gasteiger partial charge >= 0.3 is 0 Å². The molecule has 3 aromatic carbocycles. The van der Waals surface area contributed by atoms with Crippen LogP contribution in [-0.2, 0) is 12.1 Å². The summed E-state index contributed by atoms with van der Waals surface area (Å²) in [6.45, 7) is 7.47. The van der Waals surface area contributed by atoms with Crippen molar-refractivity contribution in [2.75, 3.05) is 26.2 Å². The third kappa shape index (κ3) is 5.48. The van der Waals surface area contributed by atoms with Crippen LogP contribution in [-0.4, -0.2) is 52.9 Å². The number of hydrogen-bond acceptors (Lipinski definition) is 4. The van der Waals surface area contributed by atoms with Gasteiger partial charge in [0.05, 0.1) is 22.3 Å². The third-order valence-electron chi connectivity index (χ3n) is 9.79. The van der Waals surface area contributed by atoms with Crippen LogP contribution in [0.2, 0.25) is 0 Å². The van der Waals surface area contributed by atoms with Crippen molar-refractivity contribution >= 4 is 16.8 Å². The van der Waals surface area contributed by atoms with Crippen LogP contribution in [0.3, 0.4) is 0 Å². The van der Waals surface area contributed by atoms with E-state index < -0.39 is 0 Å². The fourth-order valence-electron chi connectivity index (χ4n) is 7.29. The van der Waals surface area contributed by atoms with Crippen LogP contribution < -0.4 is 5.32 Å². The SMILES string of the molecule is Cc1cccc(-c2nc3ccccc3c(C(=O)NC3(c4ccccc4)CC3)c2CN2CCC(N3CCCCC3)CC2)c1. The Kier molecular flexibility index (Phi) is 7.55. The summed E-state index contributed by atoms with van der Waals surface area (Å²) in [5.74, 6) is 0.0158. The Bertz CT molecular complexity index is 1560. The van der Waals surface area contributed by atoms with Gasteiger partial charge < -0.3 is 10.2 Å². The van der Waals surface area contributed by atoms with Crippen LogP contribution in [0.4, 0.5) is 0 Å². The minimum atomic E-state index is -0.281. The van der Waals surface area contributed by atoms with E-state index in [2.05, 4.69) is 76.6 Å². The Morgan fingerprint density at radius 1 is 0.881 bits per heavy atom. The van der Waals surface area contributed by atoms with Crippen molar-refractivity contribution in [2.45, 2.75) is 70.0 Å². The highest BCUT2D eigenvalue weighted by molar-refractivity contribution is 6.09. The molecule has 1 N–H and O–H groups in total. The number of piperidine rings is 2. The average Bonchev–Trinajstić information content (AvgIpc) is 3.82. The first-order chi connectivity index (χ1) is 20.6. The van der Waals surface area contributed by atoms with E-state index in [9.17, 15) is 4.79 Å². The molecule has 0 spiro atoms. The van der Waals surface area contributed by atoms with Gasteiger partial charge in [0.15, 0.2) is 0 Å². The second-order valence-corrected chi connectivity index (χ2v) is 12.7. The number of carbonyl (C=O) groups is 1. The molecule has 7 rings (SSSR count). The molecule has 2 saturated heterocycles. The van der Waals surface area contributed by atoms with Crippen molar-refractivity contribution in [3.05, 3.63) is 101 Å². The molecule has 2 aliphatic heterocycles. The maximum Gasteiger partial charge on any atom is 0.253 e. The van der Waals surface area contributed by atoms with E-state index in [-0.39, 0.29) is 11.4 Å². The predicted octanol–water partition coefficient (Wildman–Crippen LogP) is 7.08. The number of para-hydroxylation sites is 1. The molecule has 1 saturated carbocycles. The number of likely N-dealkylation sites (tertiary alicyclic amines) is 2. The summed E-state index contributed by atoms with van der Waals surface area (Å²) in [6, 6.07) is 27.9. The normalized spacial score (nSPS) is 19.5. The number of fused-ring (bicyclic) bond motifs is 1. The third-order valence-corrected chi connectivity index (χ3v) is 9.79. The van der Waals surface area contributed by atoms with Gasteiger partial charge in [-0.15, -0.1) is 0 Å². The van der Waals surface area contributed by atoms with Crippen molar-refractivity contribution in [3.8, 4) is 11.3 Å². The minimum absolute atomic E-state index is 0.0158. The lowest BCUT2D eigenvalue weighted by Crippen LogP contribution is -2.46. The van der Waals surface area contributed by atoms with E-state index >= 15 is 0 Å². The molecular formula is C37H42N4O. The number of amides is 1. The summed E-state index contributed by atoms with van der Waals surface area (Å²) in [6.07, 6.45) is 8.38. The second-order valence-electron chi connectivity index (χ2n) is 12.7. The Labute approximate surface area is 249 Å². The first kappa shape index (κ1) is 27.3. The Morgan fingerprint density at radius 3 is 2.36 bits per heavy atom. The van der Waals surface area contributed by atoms with Crippen LogP contribution in [0.25, 0.3) is 22.2 Å². The van der Waals surface area contributed by atoms with Gasteiger partial charge in [0, 0.05) is 29.1 Å². The molecule has 0 radical (unpaired) electrons. The second kappa shape index (κ2) is 11.6. The number of aryl methyl sites for hydroxylation is 1. The van der Waals surface area contributed by atoms with Gasteiger partial charge in [-0.2, -0.15) is 0 Å². The molecular weight excluding hydrogens is 516 g/mol. The lowest BCUT2D eigenvalue weighted by molar-refractivity contribution is 0.0881. The molecule has 1 amide bonds. The first-order valence-electron chi connectivity index (χ1n) is 15.9. The van der Waals surface area contributed by atoms with Crippen molar-refractivity contribution < 1.29 is 4.79 Å². The lowest BCUT2D eigenvalue weighted by atomic mass is 9.93. The van der Waals surface area contributed by atoms with Crippen LogP contribution in [0.15, 0.2) is 78.9 Å². The molecule has 1 aromatic heterocycles. The molecule has 4 aromatic rings. The van der Waals surface area contributed by atoms with Crippen molar-refractivity contribution in [1.29, 1.82) is 0 Å². The number of benzene rings is 3. The highest BCUT2D eigenvalue weighted by atomic mass is 16.1. The first-order valence-corrected chi connectivity index (χ1v) is 15.9. The summed E-state index contributed by atoms with van der Waals surface area (Å²) in [5, 5.41) is 4.46. The van der Waals surface area contributed by atoms with E-state index in [0.717, 1.165) is 65.8 Å². The number of rotatable bonds is 7. The zero-order chi connectivity index (χ0) is 28.5. The highest BCUT2D eigenvalue weighted by Gasteiger charge is 2.46. The zero-order valence-corrected chi connectivity index (χ0v) is 24.8. The van der Waals surface area contributed by atoms with Crippen LogP contribution in [0, 0.1) is 6.92 Å². The van der Waals surface area contributed by atoms with Gasteiger partial charge in [0.2, 0.25) is 0 Å². The molecule has 3 aliphatic rings. The maximum absolute atomic E-state index is 14.5. The van der Waals surface area contributed by atoms with Gasteiger partial charge in [-0.25, -0.2) is 4.98 Å². The number of hydrogen-bond donors (Lipinski definition) is 1. The quantitative estimate of drug-likeness (QED) is 0.263. The van der Waals surface area contributed by atoms with E-state index in [4.69, 9.17) is 4.98 Å². The number of nitrogens with zero attached hydrogens (tertiary/aromatic N) is 3. The fourth-order valence-corrected chi connectivity index (χ4v) is 7.29. The molecule has 3 fully saturated rings. The Hall–Kier alpha value is -3.54. The fraction of sp³-hybridized carbons (Fsp3) is 0.405. The number of carbonyl (C=O) groups excluding carboxylic acids is 1. The van der Waals surface area contributed by atoms with Gasteiger partial charge in [0.25, 0.3) is 5.91 Å². The van der Waals surface area contributed by atoms with Crippen LogP contribution in [0.1, 0.15) is 72.0 Å². The predicted molar refractivity (Wildman–Crippen MR) is 170 cm³/mol. The number of nitrogens with one attached hydrogen (secondary N) is 1. The Morgan fingerprint density at radius 2 is 1.62 bits per heavy atom. The summed E-state index contributed by atoms with van der Waals surface area (Å²) in [5.41, 5.74) is 6.84. The zero-order valence-electron chi connectivity index (χ0n) is 24.8. The molecule has 42 heavy (non-hydrogen) atoms. The minimum Gasteiger partial charge on any atom is -0.342 e. The largest absolute Gasteiger partial charge is 0.342 e. The van der Waals surface area contributed by atoms with Crippen molar-refractivity contribution in [2.24, 2.45) is 0 Å². The molecule has 5 nitrogen and oxygen atoms in total. The lowest BCUT2D eigenvalue weighted by Gasteiger charge is -2.40. The molecule has 1 aliphatic carbocycles. The molecule has 0 atom stereocenters. The molecule has 216 valence electrons. The maximum atomic E-state index is 14.5. The summed E-state index contributed by atoms with van der Waals surface area (Å²) < 4.78 is 0. The van der Waals surface area contributed by atoms with Crippen LogP contribution >= 0.6 is 0 Å². The van der Waals surface area contributed by atoms with Gasteiger partial charge in [0.1, 0.15) is 0 Å². The smallest absolute Gasteiger partial charge is 0.253 e. The van der Waals surface area contributed by atoms with E-state index in [1.807, 2.05) is 24.3 Å². The molecule has 0 bridgehead atoms. The number of aromatic nitrogens is 1. The van der Waals surface area contributed by atoms with Gasteiger partial charge in [-0.05, 0) is 89.3 Å². The summed E-state index contributed by atoms with van der Waals surface area (Å²) in [7, 11) is 0. The monoisotopic (exact) mass is 558 g/mol. The van der Waals surface area contributed by atoms with E-state index in [1.165, 1.54) is 56.3 Å². The highest BCUT2D eigenvalue weighted by Crippen LogP contribution is 2.46. The van der Waals surface area contributed by atoms with Gasteiger partial charge in [-0.1, -0.05) is 78.7 Å². The molecule has 3 heterocycles. The average molecular weight is 559 g/mol. The molecule has 0 unspecified atom stereocenters. The van der Waals surface area contributed by atoms with E-state index in [0.29, 0.717) is 6.04 Å². The Balaban J connectivity index is 1.27. The summed E-state index contributed by atoms with van der Waals surface area (Å²) in [4.78, 5) is 25.0. The van der Waals surface area contributed by atoms with Crippen LogP contribution in [0.5, 0.6) is 0 Å². The van der Waals surface area contributed by atoms with Gasteiger partial charge in [-0.3, -0.25) is 9.69 Å². The standard InChI is InChI=1S/C37H42N4O/c1-27-11-10-12-28(25-27)35-32(26-40-23-17-30(18-24-40)41-21-8-3-9-22-41)34(31-15-6-7-16-33(31)38-35)36(42)39-37(19-20-37)29-13-4-2-5-14-29/h2,4-7,10-16,25,30H,3,8-9,17-24,26H2,1H3,(H,39,42). The molecule has 5 heteroatoms. The van der Waals surface area contributed by atoms with E-state index in [1.54, 1.807) is 0 Å². The van der Waals surface area contributed by atoms with Crippen molar-refractivity contribution in [1.82, 2.24) is 20.1 Å². The topological polar surface area (TPSA) is 48.5 Å². The summed E-state index contributed by atoms with van der Waals surface area (Å²) >= 11 is 0.